The van der Waals surface area contributed by atoms with Crippen molar-refractivity contribution in [3.8, 4) is 0 Å². The Bertz CT molecular complexity index is 776. The van der Waals surface area contributed by atoms with Crippen LogP contribution in [0, 0.1) is 0 Å². The maximum absolute atomic E-state index is 11.3. The number of esters is 1. The topological polar surface area (TPSA) is 57.3 Å². The number of carbonyl (C=O) groups is 1. The number of ether oxygens (including phenoxy) is 1. The third-order valence-corrected chi connectivity index (χ3v) is 3.47. The van der Waals surface area contributed by atoms with Crippen LogP contribution in [0.25, 0.3) is 10.9 Å². The van der Waals surface area contributed by atoms with Crippen molar-refractivity contribution in [3.63, 3.8) is 0 Å². The Morgan fingerprint density at radius 3 is 3.10 bits per heavy atom. The lowest BCUT2D eigenvalue weighted by Crippen LogP contribution is -1.99. The number of halogens is 1. The van der Waals surface area contributed by atoms with E-state index in [2.05, 4.69) is 25.7 Å². The van der Waals surface area contributed by atoms with Gasteiger partial charge in [-0.1, -0.05) is 22.0 Å². The molecule has 0 aliphatic heterocycles. The molecule has 20 heavy (non-hydrogen) atoms. The summed E-state index contributed by atoms with van der Waals surface area (Å²) in [5, 5.41) is 1.13. The van der Waals surface area contributed by atoms with E-state index >= 15 is 0 Å². The molecule has 0 saturated carbocycles. The van der Waals surface area contributed by atoms with Crippen LogP contribution in [0.15, 0.2) is 45.5 Å². The van der Waals surface area contributed by atoms with Crippen LogP contribution in [0.2, 0.25) is 0 Å². The van der Waals surface area contributed by atoms with E-state index < -0.39 is 5.97 Å². The SMILES string of the molecule is COC(=O)c1cnc(Cn2ccc3ccc(Br)cc32)o1. The molecule has 2 heterocycles. The fourth-order valence-corrected chi connectivity index (χ4v) is 2.37. The molecular formula is C14H11BrN2O3. The van der Waals surface area contributed by atoms with Gasteiger partial charge in [-0.3, -0.25) is 0 Å². The lowest BCUT2D eigenvalue weighted by Gasteiger charge is -2.02. The lowest BCUT2D eigenvalue weighted by molar-refractivity contribution is 0.0563. The first-order valence-electron chi connectivity index (χ1n) is 5.95. The average Bonchev–Trinajstić information content (AvgIpc) is 3.06. The normalized spacial score (nSPS) is 10.9. The fraction of sp³-hybridized carbons (Fsp3) is 0.143. The van der Waals surface area contributed by atoms with Crippen LogP contribution >= 0.6 is 15.9 Å². The van der Waals surface area contributed by atoms with Crippen molar-refractivity contribution in [2.45, 2.75) is 6.54 Å². The van der Waals surface area contributed by atoms with E-state index in [1.165, 1.54) is 13.3 Å². The highest BCUT2D eigenvalue weighted by atomic mass is 79.9. The number of hydrogen-bond donors (Lipinski definition) is 0. The van der Waals surface area contributed by atoms with Gasteiger partial charge in [0.05, 0.1) is 19.9 Å². The summed E-state index contributed by atoms with van der Waals surface area (Å²) in [5.41, 5.74) is 1.07. The Balaban J connectivity index is 1.91. The summed E-state index contributed by atoms with van der Waals surface area (Å²) in [6.45, 7) is 0.455. The van der Waals surface area contributed by atoms with Crippen LogP contribution in [0.1, 0.15) is 16.4 Å². The minimum absolute atomic E-state index is 0.111. The van der Waals surface area contributed by atoms with E-state index in [1.807, 2.05) is 35.0 Å². The van der Waals surface area contributed by atoms with Gasteiger partial charge in [0, 0.05) is 16.2 Å². The van der Waals surface area contributed by atoms with Gasteiger partial charge < -0.3 is 13.7 Å². The number of oxazole rings is 1. The zero-order chi connectivity index (χ0) is 14.1. The zero-order valence-corrected chi connectivity index (χ0v) is 12.3. The Morgan fingerprint density at radius 1 is 1.45 bits per heavy atom. The molecule has 0 N–H and O–H groups in total. The molecule has 0 unspecified atom stereocenters. The van der Waals surface area contributed by atoms with Gasteiger partial charge in [0.2, 0.25) is 11.7 Å². The molecule has 0 aliphatic carbocycles. The first kappa shape index (κ1) is 12.9. The number of benzene rings is 1. The molecule has 2 aromatic heterocycles. The second kappa shape index (κ2) is 5.13. The summed E-state index contributed by atoms with van der Waals surface area (Å²) in [5.74, 6) is 0.0480. The first-order chi connectivity index (χ1) is 9.67. The number of rotatable bonds is 3. The van der Waals surface area contributed by atoms with Crippen molar-refractivity contribution in [1.29, 1.82) is 0 Å². The lowest BCUT2D eigenvalue weighted by atomic mass is 10.2. The van der Waals surface area contributed by atoms with E-state index in [9.17, 15) is 4.79 Å². The molecule has 0 amide bonds. The summed E-state index contributed by atoms with van der Waals surface area (Å²) in [6, 6.07) is 8.07. The van der Waals surface area contributed by atoms with E-state index in [1.54, 1.807) is 0 Å². The Hall–Kier alpha value is -2.08. The second-order valence-corrected chi connectivity index (χ2v) is 5.17. The highest BCUT2D eigenvalue weighted by Gasteiger charge is 2.13. The average molecular weight is 335 g/mol. The molecule has 3 aromatic rings. The monoisotopic (exact) mass is 334 g/mol. The Morgan fingerprint density at radius 2 is 2.30 bits per heavy atom. The summed E-state index contributed by atoms with van der Waals surface area (Å²) >= 11 is 3.46. The molecule has 0 spiro atoms. The number of nitrogens with zero attached hydrogens (tertiary/aromatic N) is 2. The van der Waals surface area contributed by atoms with Gasteiger partial charge in [-0.05, 0) is 23.6 Å². The van der Waals surface area contributed by atoms with Gasteiger partial charge in [-0.25, -0.2) is 9.78 Å². The summed E-state index contributed by atoms with van der Waals surface area (Å²) in [7, 11) is 1.31. The molecule has 0 radical (unpaired) electrons. The second-order valence-electron chi connectivity index (χ2n) is 4.26. The number of aromatic nitrogens is 2. The molecule has 0 aliphatic rings. The Labute approximate surface area is 123 Å². The van der Waals surface area contributed by atoms with Gasteiger partial charge in [0.25, 0.3) is 0 Å². The number of hydrogen-bond acceptors (Lipinski definition) is 4. The third kappa shape index (κ3) is 2.34. The largest absolute Gasteiger partial charge is 0.463 e. The van der Waals surface area contributed by atoms with Crippen LogP contribution in [0.4, 0.5) is 0 Å². The van der Waals surface area contributed by atoms with Crippen molar-refractivity contribution in [2.75, 3.05) is 7.11 Å². The van der Waals surface area contributed by atoms with Gasteiger partial charge in [-0.15, -0.1) is 0 Å². The molecule has 0 fully saturated rings. The van der Waals surface area contributed by atoms with Crippen molar-refractivity contribution in [1.82, 2.24) is 9.55 Å². The van der Waals surface area contributed by atoms with Crippen LogP contribution in [0.5, 0.6) is 0 Å². The zero-order valence-electron chi connectivity index (χ0n) is 10.7. The maximum atomic E-state index is 11.3. The van der Waals surface area contributed by atoms with Crippen molar-refractivity contribution >= 4 is 32.8 Å². The standard InChI is InChI=1S/C14H11BrN2O3/c1-19-14(18)12-7-16-13(20-12)8-17-5-4-9-2-3-10(15)6-11(9)17/h2-7H,8H2,1H3. The van der Waals surface area contributed by atoms with Crippen LogP contribution in [0.3, 0.4) is 0 Å². The first-order valence-corrected chi connectivity index (χ1v) is 6.74. The van der Waals surface area contributed by atoms with E-state index in [-0.39, 0.29) is 5.76 Å². The number of fused-ring (bicyclic) bond motifs is 1. The van der Waals surface area contributed by atoms with Gasteiger partial charge in [-0.2, -0.15) is 0 Å². The predicted octanol–water partition coefficient (Wildman–Crippen LogP) is 3.23. The fourth-order valence-electron chi connectivity index (χ4n) is 2.02. The van der Waals surface area contributed by atoms with Crippen molar-refractivity contribution < 1.29 is 13.9 Å². The van der Waals surface area contributed by atoms with E-state index in [0.29, 0.717) is 12.4 Å². The highest BCUT2D eigenvalue weighted by Crippen LogP contribution is 2.21. The van der Waals surface area contributed by atoms with E-state index in [0.717, 1.165) is 15.4 Å². The molecule has 0 bridgehead atoms. The van der Waals surface area contributed by atoms with Gasteiger partial charge in [0.15, 0.2) is 0 Å². The molecule has 102 valence electrons. The van der Waals surface area contributed by atoms with Crippen LogP contribution < -0.4 is 0 Å². The summed E-state index contributed by atoms with van der Waals surface area (Å²) in [4.78, 5) is 15.4. The molecule has 3 rings (SSSR count). The molecule has 1 aromatic carbocycles. The summed E-state index contributed by atoms with van der Waals surface area (Å²) in [6.07, 6.45) is 3.34. The van der Waals surface area contributed by atoms with Gasteiger partial charge in [0.1, 0.15) is 0 Å². The molecule has 0 saturated heterocycles. The molecule has 5 nitrogen and oxygen atoms in total. The minimum atomic E-state index is -0.524. The maximum Gasteiger partial charge on any atom is 0.375 e. The Kier molecular flexibility index (Phi) is 3.31. The number of carbonyl (C=O) groups excluding carboxylic acids is 1. The van der Waals surface area contributed by atoms with Crippen LogP contribution in [-0.2, 0) is 11.3 Å². The van der Waals surface area contributed by atoms with E-state index in [4.69, 9.17) is 4.42 Å². The smallest absolute Gasteiger partial charge is 0.375 e. The van der Waals surface area contributed by atoms with Crippen molar-refractivity contribution in [2.24, 2.45) is 0 Å². The minimum Gasteiger partial charge on any atom is -0.463 e. The predicted molar refractivity (Wildman–Crippen MR) is 76.6 cm³/mol. The number of methoxy groups -OCH3 is 1. The quantitative estimate of drug-likeness (QED) is 0.690. The van der Waals surface area contributed by atoms with Crippen molar-refractivity contribution in [3.05, 3.63) is 52.8 Å². The molecular weight excluding hydrogens is 324 g/mol. The third-order valence-electron chi connectivity index (χ3n) is 2.98. The highest BCUT2D eigenvalue weighted by molar-refractivity contribution is 9.10. The summed E-state index contributed by atoms with van der Waals surface area (Å²) < 4.78 is 13.0. The van der Waals surface area contributed by atoms with Crippen LogP contribution in [-0.4, -0.2) is 22.6 Å². The molecule has 0 atom stereocenters. The van der Waals surface area contributed by atoms with Gasteiger partial charge >= 0.3 is 5.97 Å². The molecule has 6 heteroatoms.